The predicted molar refractivity (Wildman–Crippen MR) is 71.5 cm³/mol. The highest BCUT2D eigenvalue weighted by molar-refractivity contribution is 5.67. The van der Waals surface area contributed by atoms with Crippen molar-refractivity contribution in [3.05, 3.63) is 0 Å². The van der Waals surface area contributed by atoms with Gasteiger partial charge in [0.15, 0.2) is 0 Å². The minimum Gasteiger partial charge on any atom is -0.449 e. The van der Waals surface area contributed by atoms with Crippen LogP contribution in [0.5, 0.6) is 0 Å². The highest BCUT2D eigenvalue weighted by Crippen LogP contribution is 2.20. The maximum Gasteiger partial charge on any atom is 0.409 e. The largest absolute Gasteiger partial charge is 0.449 e. The van der Waals surface area contributed by atoms with Crippen molar-refractivity contribution in [1.82, 2.24) is 4.90 Å². The number of hydrogen-bond donors (Lipinski definition) is 1. The Labute approximate surface area is 110 Å². The summed E-state index contributed by atoms with van der Waals surface area (Å²) < 4.78 is 5.26. The average Bonchev–Trinajstić information content (AvgIpc) is 2.39. The summed E-state index contributed by atoms with van der Waals surface area (Å²) in [6, 6.07) is 0. The van der Waals surface area contributed by atoms with Gasteiger partial charge in [0, 0.05) is 19.7 Å². The number of aliphatic hydroxyl groups is 1. The average molecular weight is 257 g/mol. The summed E-state index contributed by atoms with van der Waals surface area (Å²) in [4.78, 5) is 13.5. The molecule has 18 heavy (non-hydrogen) atoms. The van der Waals surface area contributed by atoms with Crippen molar-refractivity contribution in [3.8, 4) is 0 Å². The number of rotatable bonds is 7. The number of hydrogen-bond acceptors (Lipinski definition) is 3. The van der Waals surface area contributed by atoms with E-state index in [4.69, 9.17) is 9.84 Å². The molecular weight excluding hydrogens is 230 g/mol. The number of unbranched alkanes of at least 4 members (excludes halogenated alkanes) is 3. The maximum absolute atomic E-state index is 11.7. The van der Waals surface area contributed by atoms with Crippen LogP contribution in [0.2, 0.25) is 0 Å². The van der Waals surface area contributed by atoms with E-state index < -0.39 is 0 Å². The van der Waals surface area contributed by atoms with E-state index in [2.05, 4.69) is 6.92 Å². The molecule has 0 radical (unpaired) electrons. The van der Waals surface area contributed by atoms with E-state index in [9.17, 15) is 4.79 Å². The third-order valence-electron chi connectivity index (χ3n) is 3.63. The zero-order chi connectivity index (χ0) is 13.2. The molecule has 0 saturated carbocycles. The molecule has 106 valence electrons. The molecule has 4 nitrogen and oxygen atoms in total. The fourth-order valence-corrected chi connectivity index (χ4v) is 2.37. The van der Waals surface area contributed by atoms with E-state index in [-0.39, 0.29) is 12.7 Å². The zero-order valence-corrected chi connectivity index (χ0v) is 11.6. The van der Waals surface area contributed by atoms with E-state index in [0.29, 0.717) is 12.5 Å². The third-order valence-corrected chi connectivity index (χ3v) is 3.63. The van der Waals surface area contributed by atoms with Gasteiger partial charge in [-0.1, -0.05) is 26.2 Å². The number of amides is 1. The van der Waals surface area contributed by atoms with Crippen LogP contribution in [0.15, 0.2) is 0 Å². The molecular formula is C14H27NO3. The van der Waals surface area contributed by atoms with Crippen LogP contribution in [0, 0.1) is 5.92 Å². The molecule has 1 saturated heterocycles. The predicted octanol–water partition coefficient (Wildman–Crippen LogP) is 2.80. The van der Waals surface area contributed by atoms with Crippen molar-refractivity contribution >= 4 is 6.09 Å². The molecule has 0 aliphatic carbocycles. The van der Waals surface area contributed by atoms with E-state index in [1.165, 1.54) is 12.8 Å². The number of carbonyl (C=O) groups excluding carboxylic acids is 1. The number of ether oxygens (including phenoxy) is 1. The Morgan fingerprint density at radius 3 is 2.61 bits per heavy atom. The van der Waals surface area contributed by atoms with Crippen molar-refractivity contribution in [2.75, 3.05) is 26.3 Å². The Balaban J connectivity index is 2.08. The Bertz CT molecular complexity index is 225. The molecule has 0 spiro atoms. The first-order valence-electron chi connectivity index (χ1n) is 7.30. The lowest BCUT2D eigenvalue weighted by atomic mass is 9.94. The first kappa shape index (κ1) is 15.3. The van der Waals surface area contributed by atoms with Gasteiger partial charge in [0.1, 0.15) is 0 Å². The van der Waals surface area contributed by atoms with Crippen LogP contribution >= 0.6 is 0 Å². The van der Waals surface area contributed by atoms with Gasteiger partial charge >= 0.3 is 6.09 Å². The fourth-order valence-electron chi connectivity index (χ4n) is 2.37. The number of carbonyl (C=O) groups is 1. The highest BCUT2D eigenvalue weighted by atomic mass is 16.6. The van der Waals surface area contributed by atoms with Crippen molar-refractivity contribution in [2.24, 2.45) is 5.92 Å². The lowest BCUT2D eigenvalue weighted by Gasteiger charge is -2.31. The Kier molecular flexibility index (Phi) is 7.81. The van der Waals surface area contributed by atoms with Crippen LogP contribution in [-0.2, 0) is 4.74 Å². The van der Waals surface area contributed by atoms with E-state index in [0.717, 1.165) is 45.2 Å². The Morgan fingerprint density at radius 1 is 1.28 bits per heavy atom. The summed E-state index contributed by atoms with van der Waals surface area (Å²) >= 11 is 0. The number of aliphatic hydroxyl groups excluding tert-OH is 1. The molecule has 0 unspecified atom stereocenters. The normalized spacial score (nSPS) is 16.9. The van der Waals surface area contributed by atoms with Gasteiger partial charge in [-0.15, -0.1) is 0 Å². The summed E-state index contributed by atoms with van der Waals surface area (Å²) in [6.45, 7) is 4.53. The summed E-state index contributed by atoms with van der Waals surface area (Å²) in [6.07, 6.45) is 7.21. The molecule has 1 heterocycles. The summed E-state index contributed by atoms with van der Waals surface area (Å²) in [5, 5.41) is 8.88. The van der Waals surface area contributed by atoms with Gasteiger partial charge in [0.2, 0.25) is 0 Å². The molecule has 1 rings (SSSR count). The second-order valence-corrected chi connectivity index (χ2v) is 5.12. The van der Waals surface area contributed by atoms with Crippen LogP contribution in [0.25, 0.3) is 0 Å². The van der Waals surface area contributed by atoms with Crippen LogP contribution in [0.1, 0.15) is 51.9 Å². The van der Waals surface area contributed by atoms with Gasteiger partial charge in [-0.2, -0.15) is 0 Å². The Hall–Kier alpha value is -0.770. The number of nitrogens with zero attached hydrogens (tertiary/aromatic N) is 1. The van der Waals surface area contributed by atoms with Crippen molar-refractivity contribution in [3.63, 3.8) is 0 Å². The maximum atomic E-state index is 11.7. The molecule has 1 aliphatic heterocycles. The molecule has 1 aliphatic rings. The van der Waals surface area contributed by atoms with Crippen LogP contribution < -0.4 is 0 Å². The summed E-state index contributed by atoms with van der Waals surface area (Å²) in [7, 11) is 0. The number of likely N-dealkylation sites (tertiary alicyclic amines) is 1. The Morgan fingerprint density at radius 2 is 2.00 bits per heavy atom. The topological polar surface area (TPSA) is 49.8 Å². The molecule has 0 aromatic rings. The first-order valence-corrected chi connectivity index (χ1v) is 7.30. The molecule has 0 atom stereocenters. The van der Waals surface area contributed by atoms with E-state index in [1.807, 2.05) is 0 Å². The van der Waals surface area contributed by atoms with Gasteiger partial charge in [-0.05, 0) is 31.6 Å². The molecule has 1 amide bonds. The van der Waals surface area contributed by atoms with Crippen molar-refractivity contribution < 1.29 is 14.6 Å². The van der Waals surface area contributed by atoms with Gasteiger partial charge in [0.05, 0.1) is 6.61 Å². The lowest BCUT2D eigenvalue weighted by molar-refractivity contribution is 0.0833. The summed E-state index contributed by atoms with van der Waals surface area (Å²) in [5.74, 6) is 0.573. The molecule has 4 heteroatoms. The van der Waals surface area contributed by atoms with Crippen LogP contribution in [0.4, 0.5) is 4.79 Å². The van der Waals surface area contributed by atoms with E-state index >= 15 is 0 Å². The smallest absolute Gasteiger partial charge is 0.409 e. The SMILES string of the molecule is CCCCCCOC(=O)N1CCC(CCO)CC1. The summed E-state index contributed by atoms with van der Waals surface area (Å²) in [5.41, 5.74) is 0. The molecule has 0 bridgehead atoms. The van der Waals surface area contributed by atoms with Gasteiger partial charge in [-0.25, -0.2) is 4.79 Å². The van der Waals surface area contributed by atoms with Crippen molar-refractivity contribution in [2.45, 2.75) is 51.9 Å². The second-order valence-electron chi connectivity index (χ2n) is 5.12. The van der Waals surface area contributed by atoms with Gasteiger partial charge < -0.3 is 14.7 Å². The van der Waals surface area contributed by atoms with E-state index in [1.54, 1.807) is 4.90 Å². The van der Waals surface area contributed by atoms with Crippen molar-refractivity contribution in [1.29, 1.82) is 0 Å². The quantitative estimate of drug-likeness (QED) is 0.713. The van der Waals surface area contributed by atoms with Crippen LogP contribution in [-0.4, -0.2) is 42.4 Å². The molecule has 1 N–H and O–H groups in total. The standard InChI is InChI=1S/C14H27NO3/c1-2-3-4-5-12-18-14(17)15-9-6-13(7-10-15)8-11-16/h13,16H,2-12H2,1H3. The fraction of sp³-hybridized carbons (Fsp3) is 0.929. The number of piperidine rings is 1. The lowest BCUT2D eigenvalue weighted by Crippen LogP contribution is -2.39. The zero-order valence-electron chi connectivity index (χ0n) is 11.6. The minimum absolute atomic E-state index is 0.158. The molecule has 1 fully saturated rings. The van der Waals surface area contributed by atoms with Crippen LogP contribution in [0.3, 0.4) is 0 Å². The minimum atomic E-state index is -0.158. The van der Waals surface area contributed by atoms with Gasteiger partial charge in [0.25, 0.3) is 0 Å². The second kappa shape index (κ2) is 9.20. The highest BCUT2D eigenvalue weighted by Gasteiger charge is 2.23. The third kappa shape index (κ3) is 5.71. The molecule has 0 aromatic heterocycles. The molecule has 0 aromatic carbocycles. The van der Waals surface area contributed by atoms with Gasteiger partial charge in [-0.3, -0.25) is 0 Å². The first-order chi connectivity index (χ1) is 8.77. The monoisotopic (exact) mass is 257 g/mol.